The molecular weight excluding hydrogens is 402 g/mol. The molecule has 3 rings (SSSR count). The van der Waals surface area contributed by atoms with Gasteiger partial charge in [-0.05, 0) is 69.2 Å². The van der Waals surface area contributed by atoms with Crippen LogP contribution in [0, 0.1) is 6.92 Å². The third kappa shape index (κ3) is 6.73. The second-order valence-corrected chi connectivity index (χ2v) is 9.01. The van der Waals surface area contributed by atoms with E-state index in [1.54, 1.807) is 0 Å². The number of esters is 1. The smallest absolute Gasteiger partial charge is 0.307 e. The maximum Gasteiger partial charge on any atom is 0.307 e. The van der Waals surface area contributed by atoms with Crippen molar-refractivity contribution in [3.8, 4) is 11.5 Å². The number of hydrogen-bond donors (Lipinski definition) is 0. The number of ether oxygens (including phenoxy) is 3. The predicted octanol–water partition coefficient (Wildman–Crippen LogP) is 5.55. The van der Waals surface area contributed by atoms with Gasteiger partial charge in [0, 0.05) is 24.7 Å². The van der Waals surface area contributed by atoms with E-state index in [-0.39, 0.29) is 12.1 Å². The van der Waals surface area contributed by atoms with E-state index in [2.05, 4.69) is 4.90 Å². The SMILES string of the molecule is Cc1cc(Cl)ccc1Oc1ccc(C2CN(CCC(=O)OC(C)(C)C)CCO2)cc1. The number of halogens is 1. The maximum atomic E-state index is 12.0. The molecule has 1 aliphatic rings. The van der Waals surface area contributed by atoms with Crippen LogP contribution in [0.3, 0.4) is 0 Å². The Bertz CT molecular complexity index is 860. The quantitative estimate of drug-likeness (QED) is 0.561. The van der Waals surface area contributed by atoms with Crippen molar-refractivity contribution in [2.24, 2.45) is 0 Å². The van der Waals surface area contributed by atoms with Crippen LogP contribution >= 0.6 is 11.6 Å². The van der Waals surface area contributed by atoms with Crippen LogP contribution in [-0.2, 0) is 14.3 Å². The average Bonchev–Trinajstić information content (AvgIpc) is 2.68. The van der Waals surface area contributed by atoms with Gasteiger partial charge in [-0.25, -0.2) is 0 Å². The third-order valence-corrected chi connectivity index (χ3v) is 5.05. The Labute approximate surface area is 183 Å². The van der Waals surface area contributed by atoms with Gasteiger partial charge in [0.15, 0.2) is 0 Å². The zero-order valence-corrected chi connectivity index (χ0v) is 18.9. The van der Waals surface area contributed by atoms with Crippen LogP contribution in [0.15, 0.2) is 42.5 Å². The Morgan fingerprint density at radius 1 is 1.20 bits per heavy atom. The van der Waals surface area contributed by atoms with E-state index in [0.29, 0.717) is 24.6 Å². The van der Waals surface area contributed by atoms with E-state index in [9.17, 15) is 4.79 Å². The summed E-state index contributed by atoms with van der Waals surface area (Å²) in [5, 5.41) is 0.695. The number of morpholine rings is 1. The summed E-state index contributed by atoms with van der Waals surface area (Å²) in [5.74, 6) is 1.39. The molecule has 1 fully saturated rings. The first kappa shape index (κ1) is 22.6. The summed E-state index contributed by atoms with van der Waals surface area (Å²) in [6.45, 7) is 10.5. The Morgan fingerprint density at radius 2 is 1.93 bits per heavy atom. The van der Waals surface area contributed by atoms with Gasteiger partial charge in [0.1, 0.15) is 17.1 Å². The summed E-state index contributed by atoms with van der Waals surface area (Å²) in [5.41, 5.74) is 1.64. The fourth-order valence-corrected chi connectivity index (χ4v) is 3.58. The van der Waals surface area contributed by atoms with E-state index in [4.69, 9.17) is 25.8 Å². The normalized spacial score (nSPS) is 17.6. The molecule has 0 saturated carbocycles. The first-order valence-electron chi connectivity index (χ1n) is 10.3. The van der Waals surface area contributed by atoms with Crippen molar-refractivity contribution < 1.29 is 19.0 Å². The van der Waals surface area contributed by atoms with Crippen molar-refractivity contribution in [2.75, 3.05) is 26.2 Å². The maximum absolute atomic E-state index is 12.0. The summed E-state index contributed by atoms with van der Waals surface area (Å²) < 4.78 is 17.3. The minimum absolute atomic E-state index is 0.0243. The fourth-order valence-electron chi connectivity index (χ4n) is 3.35. The molecule has 1 aliphatic heterocycles. The largest absolute Gasteiger partial charge is 0.460 e. The van der Waals surface area contributed by atoms with Crippen LogP contribution in [0.25, 0.3) is 0 Å². The van der Waals surface area contributed by atoms with Gasteiger partial charge < -0.3 is 14.2 Å². The zero-order chi connectivity index (χ0) is 21.7. The highest BCUT2D eigenvalue weighted by atomic mass is 35.5. The van der Waals surface area contributed by atoms with E-state index in [0.717, 1.165) is 35.7 Å². The van der Waals surface area contributed by atoms with E-state index in [1.165, 1.54) is 0 Å². The van der Waals surface area contributed by atoms with Gasteiger partial charge in [0.2, 0.25) is 0 Å². The summed E-state index contributed by atoms with van der Waals surface area (Å²) in [6, 6.07) is 13.5. The van der Waals surface area contributed by atoms with E-state index < -0.39 is 5.60 Å². The van der Waals surface area contributed by atoms with Crippen LogP contribution in [0.1, 0.15) is 44.4 Å². The molecule has 1 atom stereocenters. The second-order valence-electron chi connectivity index (χ2n) is 8.58. The van der Waals surface area contributed by atoms with Crippen LogP contribution in [-0.4, -0.2) is 42.7 Å². The topological polar surface area (TPSA) is 48.0 Å². The highest BCUT2D eigenvalue weighted by Gasteiger charge is 2.23. The molecule has 162 valence electrons. The first-order valence-corrected chi connectivity index (χ1v) is 10.7. The highest BCUT2D eigenvalue weighted by molar-refractivity contribution is 6.30. The Hall–Kier alpha value is -2.08. The predicted molar refractivity (Wildman–Crippen MR) is 118 cm³/mol. The molecule has 0 N–H and O–H groups in total. The summed E-state index contributed by atoms with van der Waals surface area (Å²) >= 11 is 6.01. The number of benzene rings is 2. The van der Waals surface area contributed by atoms with Crippen molar-refractivity contribution in [2.45, 2.75) is 45.8 Å². The van der Waals surface area contributed by atoms with Crippen molar-refractivity contribution in [1.29, 1.82) is 0 Å². The molecule has 0 amide bonds. The molecule has 2 aromatic rings. The second kappa shape index (κ2) is 9.82. The van der Waals surface area contributed by atoms with Gasteiger partial charge in [-0.15, -0.1) is 0 Å². The molecule has 6 heteroatoms. The molecule has 1 unspecified atom stereocenters. The summed E-state index contributed by atoms with van der Waals surface area (Å²) in [4.78, 5) is 14.2. The molecular formula is C24H30ClNO4. The molecule has 2 aromatic carbocycles. The van der Waals surface area contributed by atoms with Crippen molar-refractivity contribution in [3.63, 3.8) is 0 Å². The van der Waals surface area contributed by atoms with Gasteiger partial charge in [0.25, 0.3) is 0 Å². The van der Waals surface area contributed by atoms with Crippen molar-refractivity contribution in [3.05, 3.63) is 58.6 Å². The Morgan fingerprint density at radius 3 is 2.60 bits per heavy atom. The molecule has 30 heavy (non-hydrogen) atoms. The van der Waals surface area contributed by atoms with Crippen molar-refractivity contribution in [1.82, 2.24) is 4.90 Å². The first-order chi connectivity index (χ1) is 14.2. The Kier molecular flexibility index (Phi) is 7.40. The molecule has 1 saturated heterocycles. The van der Waals surface area contributed by atoms with Crippen molar-refractivity contribution >= 4 is 17.6 Å². The van der Waals surface area contributed by atoms with Gasteiger partial charge in [-0.1, -0.05) is 23.7 Å². The molecule has 1 heterocycles. The minimum Gasteiger partial charge on any atom is -0.460 e. The molecule has 5 nitrogen and oxygen atoms in total. The Balaban J connectivity index is 1.54. The van der Waals surface area contributed by atoms with Gasteiger partial charge in [0.05, 0.1) is 19.1 Å². The number of carbonyl (C=O) groups is 1. The van der Waals surface area contributed by atoms with E-state index >= 15 is 0 Å². The number of aryl methyl sites for hydroxylation is 1. The number of carbonyl (C=O) groups excluding carboxylic acids is 1. The fraction of sp³-hybridized carbons (Fsp3) is 0.458. The molecule has 0 radical (unpaired) electrons. The standard InChI is InChI=1S/C24H30ClNO4/c1-17-15-19(25)7-10-21(17)29-20-8-5-18(6-9-20)22-16-26(13-14-28-22)12-11-23(27)30-24(2,3)4/h5-10,15,22H,11-14,16H2,1-4H3. The lowest BCUT2D eigenvalue weighted by Gasteiger charge is -2.33. The molecule has 0 bridgehead atoms. The van der Waals surface area contributed by atoms with Gasteiger partial charge in [-0.3, -0.25) is 9.69 Å². The number of hydrogen-bond acceptors (Lipinski definition) is 5. The van der Waals surface area contributed by atoms with Crippen LogP contribution < -0.4 is 4.74 Å². The summed E-state index contributed by atoms with van der Waals surface area (Å²) in [6.07, 6.45) is 0.362. The third-order valence-electron chi connectivity index (χ3n) is 4.82. The highest BCUT2D eigenvalue weighted by Crippen LogP contribution is 2.29. The summed E-state index contributed by atoms with van der Waals surface area (Å²) in [7, 11) is 0. The average molecular weight is 432 g/mol. The molecule has 0 aliphatic carbocycles. The number of nitrogens with zero attached hydrogens (tertiary/aromatic N) is 1. The lowest BCUT2D eigenvalue weighted by atomic mass is 10.1. The molecule has 0 spiro atoms. The zero-order valence-electron chi connectivity index (χ0n) is 18.1. The van der Waals surface area contributed by atoms with Crippen LogP contribution in [0.5, 0.6) is 11.5 Å². The monoisotopic (exact) mass is 431 g/mol. The van der Waals surface area contributed by atoms with Gasteiger partial charge >= 0.3 is 5.97 Å². The van der Waals surface area contributed by atoms with Crippen LogP contribution in [0.4, 0.5) is 0 Å². The van der Waals surface area contributed by atoms with Crippen LogP contribution in [0.2, 0.25) is 5.02 Å². The lowest BCUT2D eigenvalue weighted by molar-refractivity contribution is -0.155. The lowest BCUT2D eigenvalue weighted by Crippen LogP contribution is -2.39. The molecule has 0 aromatic heterocycles. The number of rotatable bonds is 6. The van der Waals surface area contributed by atoms with E-state index in [1.807, 2.05) is 70.2 Å². The minimum atomic E-state index is -0.445. The van der Waals surface area contributed by atoms with Gasteiger partial charge in [-0.2, -0.15) is 0 Å².